The second-order valence-electron chi connectivity index (χ2n) is 4.74. The molecule has 1 fully saturated rings. The van der Waals surface area contributed by atoms with Crippen molar-refractivity contribution in [2.75, 3.05) is 6.54 Å². The maximum absolute atomic E-state index is 12.0. The van der Waals surface area contributed by atoms with Crippen molar-refractivity contribution >= 4 is 5.91 Å². The fourth-order valence-corrected chi connectivity index (χ4v) is 2.12. The quantitative estimate of drug-likeness (QED) is 0.827. The molecule has 1 aliphatic rings. The SMILES string of the molecule is Cc1cnc(C(C)NC(=O)C2NCCC2C)o1. The second kappa shape index (κ2) is 4.87. The molecule has 2 N–H and O–H groups in total. The van der Waals surface area contributed by atoms with Gasteiger partial charge in [-0.05, 0) is 32.7 Å². The minimum Gasteiger partial charge on any atom is -0.444 e. The molecule has 5 heteroatoms. The van der Waals surface area contributed by atoms with Crippen molar-refractivity contribution in [1.82, 2.24) is 15.6 Å². The smallest absolute Gasteiger partial charge is 0.238 e. The monoisotopic (exact) mass is 237 g/mol. The van der Waals surface area contributed by atoms with Crippen LogP contribution in [-0.2, 0) is 4.79 Å². The first kappa shape index (κ1) is 12.1. The molecule has 0 radical (unpaired) electrons. The number of nitrogens with one attached hydrogen (secondary N) is 2. The number of hydrogen-bond donors (Lipinski definition) is 2. The van der Waals surface area contributed by atoms with Crippen LogP contribution in [0.1, 0.15) is 38.0 Å². The highest BCUT2D eigenvalue weighted by Gasteiger charge is 2.30. The van der Waals surface area contributed by atoms with Gasteiger partial charge < -0.3 is 15.1 Å². The highest BCUT2D eigenvalue weighted by atomic mass is 16.4. The molecule has 0 aliphatic carbocycles. The van der Waals surface area contributed by atoms with E-state index in [-0.39, 0.29) is 18.0 Å². The van der Waals surface area contributed by atoms with E-state index in [0.717, 1.165) is 18.7 Å². The molecule has 3 atom stereocenters. The van der Waals surface area contributed by atoms with Crippen LogP contribution < -0.4 is 10.6 Å². The van der Waals surface area contributed by atoms with Crippen LogP contribution in [0.2, 0.25) is 0 Å². The molecule has 3 unspecified atom stereocenters. The number of rotatable bonds is 3. The van der Waals surface area contributed by atoms with Gasteiger partial charge in [0.1, 0.15) is 11.8 Å². The summed E-state index contributed by atoms with van der Waals surface area (Å²) in [4.78, 5) is 16.1. The predicted octanol–water partition coefficient (Wildman–Crippen LogP) is 1.16. The minimum absolute atomic E-state index is 0.0263. The topological polar surface area (TPSA) is 67.2 Å². The van der Waals surface area contributed by atoms with E-state index in [1.807, 2.05) is 13.8 Å². The molecular weight excluding hydrogens is 218 g/mol. The van der Waals surface area contributed by atoms with Gasteiger partial charge in [-0.2, -0.15) is 0 Å². The Labute approximate surface area is 101 Å². The van der Waals surface area contributed by atoms with E-state index < -0.39 is 0 Å². The molecule has 5 nitrogen and oxygen atoms in total. The molecule has 1 aromatic heterocycles. The van der Waals surface area contributed by atoms with Crippen molar-refractivity contribution in [3.63, 3.8) is 0 Å². The number of carbonyl (C=O) groups is 1. The lowest BCUT2D eigenvalue weighted by molar-refractivity contribution is -0.124. The maximum Gasteiger partial charge on any atom is 0.238 e. The summed E-state index contributed by atoms with van der Waals surface area (Å²) in [5, 5.41) is 6.13. The number of amides is 1. The Balaban J connectivity index is 1.94. The molecule has 1 aliphatic heterocycles. The summed E-state index contributed by atoms with van der Waals surface area (Å²) in [7, 11) is 0. The Morgan fingerprint density at radius 3 is 3.00 bits per heavy atom. The van der Waals surface area contributed by atoms with E-state index in [0.29, 0.717) is 11.8 Å². The molecule has 94 valence electrons. The maximum atomic E-state index is 12.0. The first-order valence-electron chi connectivity index (χ1n) is 6.04. The molecule has 2 rings (SSSR count). The number of aryl methyl sites for hydroxylation is 1. The largest absolute Gasteiger partial charge is 0.444 e. The number of carbonyl (C=O) groups excluding carboxylic acids is 1. The lowest BCUT2D eigenvalue weighted by Crippen LogP contribution is -2.44. The average molecular weight is 237 g/mol. The third-order valence-corrected chi connectivity index (χ3v) is 3.18. The summed E-state index contributed by atoms with van der Waals surface area (Å²) in [6.45, 7) is 6.71. The molecule has 0 spiro atoms. The van der Waals surface area contributed by atoms with Crippen molar-refractivity contribution in [3.05, 3.63) is 17.8 Å². The molecule has 0 saturated carbocycles. The van der Waals surface area contributed by atoms with Gasteiger partial charge >= 0.3 is 0 Å². The van der Waals surface area contributed by atoms with Crippen LogP contribution in [0.25, 0.3) is 0 Å². The zero-order valence-electron chi connectivity index (χ0n) is 10.5. The standard InChI is InChI=1S/C12H19N3O2/c1-7-4-5-13-10(7)11(16)15-9(3)12-14-6-8(2)17-12/h6-7,9-10,13H,4-5H2,1-3H3,(H,15,16). The van der Waals surface area contributed by atoms with Gasteiger partial charge in [0.15, 0.2) is 0 Å². The highest BCUT2D eigenvalue weighted by Crippen LogP contribution is 2.17. The van der Waals surface area contributed by atoms with Crippen LogP contribution in [0.5, 0.6) is 0 Å². The Morgan fingerprint density at radius 2 is 2.47 bits per heavy atom. The number of oxazole rings is 1. The summed E-state index contributed by atoms with van der Waals surface area (Å²) < 4.78 is 5.39. The average Bonchev–Trinajstić information content (AvgIpc) is 2.86. The number of hydrogen-bond acceptors (Lipinski definition) is 4. The predicted molar refractivity (Wildman–Crippen MR) is 63.4 cm³/mol. The lowest BCUT2D eigenvalue weighted by atomic mass is 10.0. The first-order valence-corrected chi connectivity index (χ1v) is 6.04. The van der Waals surface area contributed by atoms with Crippen LogP contribution in [0, 0.1) is 12.8 Å². The van der Waals surface area contributed by atoms with Crippen LogP contribution >= 0.6 is 0 Å². The van der Waals surface area contributed by atoms with E-state index in [2.05, 4.69) is 22.5 Å². The van der Waals surface area contributed by atoms with Crippen LogP contribution in [0.4, 0.5) is 0 Å². The third-order valence-electron chi connectivity index (χ3n) is 3.18. The molecule has 1 amide bonds. The molecule has 17 heavy (non-hydrogen) atoms. The van der Waals surface area contributed by atoms with E-state index >= 15 is 0 Å². The van der Waals surface area contributed by atoms with E-state index in [4.69, 9.17) is 4.42 Å². The third kappa shape index (κ3) is 2.66. The van der Waals surface area contributed by atoms with Crippen molar-refractivity contribution in [1.29, 1.82) is 0 Å². The van der Waals surface area contributed by atoms with Gasteiger partial charge in [0.25, 0.3) is 0 Å². The summed E-state index contributed by atoms with van der Waals surface area (Å²) in [6.07, 6.45) is 2.71. The Bertz CT molecular complexity index is 402. The molecule has 1 aromatic rings. The Kier molecular flexibility index (Phi) is 3.47. The molecular formula is C12H19N3O2. The van der Waals surface area contributed by atoms with Gasteiger partial charge in [-0.25, -0.2) is 4.98 Å². The molecule has 0 aromatic carbocycles. The molecule has 2 heterocycles. The van der Waals surface area contributed by atoms with Crippen molar-refractivity contribution in [2.45, 2.75) is 39.3 Å². The van der Waals surface area contributed by atoms with Crippen molar-refractivity contribution < 1.29 is 9.21 Å². The zero-order valence-corrected chi connectivity index (χ0v) is 10.5. The molecule has 1 saturated heterocycles. The number of nitrogens with zero attached hydrogens (tertiary/aromatic N) is 1. The van der Waals surface area contributed by atoms with Crippen LogP contribution in [-0.4, -0.2) is 23.5 Å². The summed E-state index contributed by atoms with van der Waals surface area (Å²) in [5.41, 5.74) is 0. The fourth-order valence-electron chi connectivity index (χ4n) is 2.12. The van der Waals surface area contributed by atoms with Crippen molar-refractivity contribution in [3.8, 4) is 0 Å². The Hall–Kier alpha value is -1.36. The first-order chi connectivity index (χ1) is 8.08. The minimum atomic E-state index is -0.189. The fraction of sp³-hybridized carbons (Fsp3) is 0.667. The van der Waals surface area contributed by atoms with Gasteiger partial charge in [0, 0.05) is 0 Å². The van der Waals surface area contributed by atoms with Crippen LogP contribution in [0.3, 0.4) is 0 Å². The van der Waals surface area contributed by atoms with Crippen LogP contribution in [0.15, 0.2) is 10.6 Å². The summed E-state index contributed by atoms with van der Waals surface area (Å²) in [5.74, 6) is 1.72. The second-order valence-corrected chi connectivity index (χ2v) is 4.74. The summed E-state index contributed by atoms with van der Waals surface area (Å²) in [6, 6.07) is -0.278. The van der Waals surface area contributed by atoms with Gasteiger partial charge in [-0.1, -0.05) is 6.92 Å². The van der Waals surface area contributed by atoms with Gasteiger partial charge in [0.2, 0.25) is 11.8 Å². The molecule has 0 bridgehead atoms. The van der Waals surface area contributed by atoms with Gasteiger partial charge in [-0.3, -0.25) is 4.79 Å². The van der Waals surface area contributed by atoms with Gasteiger partial charge in [0.05, 0.1) is 12.2 Å². The van der Waals surface area contributed by atoms with Crippen molar-refractivity contribution in [2.24, 2.45) is 5.92 Å². The number of aromatic nitrogens is 1. The Morgan fingerprint density at radius 1 is 1.71 bits per heavy atom. The summed E-state index contributed by atoms with van der Waals surface area (Å²) >= 11 is 0. The zero-order chi connectivity index (χ0) is 12.4. The highest BCUT2D eigenvalue weighted by molar-refractivity contribution is 5.82. The van der Waals surface area contributed by atoms with Gasteiger partial charge in [-0.15, -0.1) is 0 Å². The van der Waals surface area contributed by atoms with E-state index in [1.54, 1.807) is 6.20 Å². The lowest BCUT2D eigenvalue weighted by Gasteiger charge is -2.18. The van der Waals surface area contributed by atoms with E-state index in [1.165, 1.54) is 0 Å². The van der Waals surface area contributed by atoms with E-state index in [9.17, 15) is 4.79 Å². The normalized spacial score (nSPS) is 25.8.